The number of amides is 2. The number of benzene rings is 2. The van der Waals surface area contributed by atoms with E-state index in [4.69, 9.17) is 10.00 Å². The van der Waals surface area contributed by atoms with Crippen LogP contribution in [0.1, 0.15) is 67.7 Å². The molecule has 0 unspecified atom stereocenters. The zero-order chi connectivity index (χ0) is 27.3. The molecule has 206 valence electrons. The minimum atomic E-state index is 0.139. The number of likely N-dealkylation sites (tertiary alicyclic amines) is 1. The number of rotatable bonds is 7. The third kappa shape index (κ3) is 5.83. The van der Waals surface area contributed by atoms with E-state index in [1.54, 1.807) is 24.3 Å². The highest BCUT2D eigenvalue weighted by Gasteiger charge is 2.45. The molecule has 1 aromatic heterocycles. The van der Waals surface area contributed by atoms with Crippen LogP contribution < -0.4 is 4.74 Å². The van der Waals surface area contributed by atoms with E-state index >= 15 is 0 Å². The van der Waals surface area contributed by atoms with Gasteiger partial charge in [-0.1, -0.05) is 55.7 Å². The van der Waals surface area contributed by atoms with E-state index in [9.17, 15) is 4.79 Å². The molecule has 1 saturated carbocycles. The summed E-state index contributed by atoms with van der Waals surface area (Å²) in [5.41, 5.74) is 3.00. The van der Waals surface area contributed by atoms with Crippen LogP contribution >= 0.6 is 0 Å². The van der Waals surface area contributed by atoms with Gasteiger partial charge in [0.1, 0.15) is 5.75 Å². The van der Waals surface area contributed by atoms with Gasteiger partial charge < -0.3 is 14.5 Å². The number of hydrogen-bond acceptors (Lipinski definition) is 5. The third-order valence-corrected chi connectivity index (χ3v) is 8.73. The van der Waals surface area contributed by atoms with Crippen molar-refractivity contribution in [3.8, 4) is 17.7 Å². The Bertz CT molecular complexity index is 1310. The van der Waals surface area contributed by atoms with Crippen molar-refractivity contribution in [2.75, 3.05) is 19.6 Å². The van der Waals surface area contributed by atoms with E-state index in [1.807, 2.05) is 12.3 Å². The Balaban J connectivity index is 1.07. The molecule has 2 amide bonds. The minimum absolute atomic E-state index is 0.139. The van der Waals surface area contributed by atoms with E-state index < -0.39 is 0 Å². The number of piperidine rings is 1. The number of nitriles is 1. The summed E-state index contributed by atoms with van der Waals surface area (Å²) >= 11 is 0. The van der Waals surface area contributed by atoms with E-state index in [2.05, 4.69) is 62.2 Å². The van der Waals surface area contributed by atoms with Crippen molar-refractivity contribution in [1.82, 2.24) is 19.7 Å². The SMILES string of the molecule is N#Cc1ccc(Oc2ccc(CN3CCC(N4C(=O)N(C5CCCCC5)C[C@H]4c4ccccc4)CC3)cn2)cc1. The second-order valence-electron chi connectivity index (χ2n) is 11.3. The number of urea groups is 1. The largest absolute Gasteiger partial charge is 0.439 e. The lowest BCUT2D eigenvalue weighted by molar-refractivity contribution is 0.106. The van der Waals surface area contributed by atoms with Gasteiger partial charge in [0.2, 0.25) is 5.88 Å². The van der Waals surface area contributed by atoms with Crippen molar-refractivity contribution in [3.63, 3.8) is 0 Å². The fourth-order valence-corrected chi connectivity index (χ4v) is 6.58. The predicted octanol–water partition coefficient (Wildman–Crippen LogP) is 6.52. The third-order valence-electron chi connectivity index (χ3n) is 8.73. The van der Waals surface area contributed by atoms with Crippen molar-refractivity contribution >= 4 is 6.03 Å². The molecular weight excluding hydrogens is 498 g/mol. The average molecular weight is 536 g/mol. The molecule has 3 fully saturated rings. The summed E-state index contributed by atoms with van der Waals surface area (Å²) < 4.78 is 5.83. The maximum absolute atomic E-state index is 13.9. The lowest BCUT2D eigenvalue weighted by atomic mass is 9.94. The topological polar surface area (TPSA) is 72.7 Å². The van der Waals surface area contributed by atoms with Gasteiger partial charge >= 0.3 is 6.03 Å². The van der Waals surface area contributed by atoms with Gasteiger partial charge in [-0.15, -0.1) is 0 Å². The lowest BCUT2D eigenvalue weighted by Gasteiger charge is -2.39. The van der Waals surface area contributed by atoms with Gasteiger partial charge in [-0.05, 0) is 61.1 Å². The highest BCUT2D eigenvalue weighted by atomic mass is 16.5. The molecule has 3 aromatic rings. The normalized spacial score (nSPS) is 21.0. The molecule has 2 aromatic carbocycles. The molecule has 0 bridgehead atoms. The molecule has 2 saturated heterocycles. The molecule has 1 aliphatic carbocycles. The predicted molar refractivity (Wildman–Crippen MR) is 154 cm³/mol. The van der Waals surface area contributed by atoms with Crippen molar-refractivity contribution < 1.29 is 9.53 Å². The lowest BCUT2D eigenvalue weighted by Crippen LogP contribution is -2.48. The monoisotopic (exact) mass is 535 g/mol. The molecule has 0 N–H and O–H groups in total. The van der Waals surface area contributed by atoms with Crippen LogP contribution in [0.15, 0.2) is 72.9 Å². The van der Waals surface area contributed by atoms with E-state index in [1.165, 1.54) is 24.8 Å². The molecule has 1 atom stereocenters. The number of carbonyl (C=O) groups is 1. The van der Waals surface area contributed by atoms with Gasteiger partial charge in [0.05, 0.1) is 17.7 Å². The smallest absolute Gasteiger partial charge is 0.321 e. The molecule has 2 aliphatic heterocycles. The summed E-state index contributed by atoms with van der Waals surface area (Å²) in [5.74, 6) is 1.20. The second kappa shape index (κ2) is 12.1. The summed E-state index contributed by atoms with van der Waals surface area (Å²) in [6.07, 6.45) is 9.91. The number of ether oxygens (including phenoxy) is 1. The molecule has 0 spiro atoms. The van der Waals surface area contributed by atoms with Gasteiger partial charge in [0.25, 0.3) is 0 Å². The Morgan fingerprint density at radius 3 is 2.30 bits per heavy atom. The fourth-order valence-electron chi connectivity index (χ4n) is 6.58. The first-order valence-corrected chi connectivity index (χ1v) is 14.7. The van der Waals surface area contributed by atoms with Gasteiger partial charge in [-0.3, -0.25) is 4.90 Å². The van der Waals surface area contributed by atoms with E-state index in [0.717, 1.165) is 57.4 Å². The van der Waals surface area contributed by atoms with Crippen LogP contribution in [0, 0.1) is 11.3 Å². The highest BCUT2D eigenvalue weighted by Crippen LogP contribution is 2.38. The molecular formula is C33H37N5O2. The van der Waals surface area contributed by atoms with Gasteiger partial charge in [0, 0.05) is 50.5 Å². The number of pyridine rings is 1. The number of hydrogen-bond donors (Lipinski definition) is 0. The quantitative estimate of drug-likeness (QED) is 0.344. The first kappa shape index (κ1) is 26.3. The number of nitrogens with zero attached hydrogens (tertiary/aromatic N) is 5. The van der Waals surface area contributed by atoms with Gasteiger partial charge in [-0.25, -0.2) is 9.78 Å². The summed E-state index contributed by atoms with van der Waals surface area (Å²) in [6.45, 7) is 3.57. The highest BCUT2D eigenvalue weighted by molar-refractivity contribution is 5.78. The number of aromatic nitrogens is 1. The van der Waals surface area contributed by atoms with Crippen LogP contribution in [0.2, 0.25) is 0 Å². The van der Waals surface area contributed by atoms with Crippen LogP contribution in [0.5, 0.6) is 11.6 Å². The second-order valence-corrected chi connectivity index (χ2v) is 11.3. The molecule has 3 heterocycles. The maximum Gasteiger partial charge on any atom is 0.321 e. The van der Waals surface area contributed by atoms with Crippen molar-refractivity contribution in [2.24, 2.45) is 0 Å². The van der Waals surface area contributed by atoms with Crippen LogP contribution in [-0.2, 0) is 6.54 Å². The van der Waals surface area contributed by atoms with Crippen molar-refractivity contribution in [2.45, 2.75) is 69.6 Å². The van der Waals surface area contributed by atoms with Crippen molar-refractivity contribution in [3.05, 3.63) is 89.6 Å². The summed E-state index contributed by atoms with van der Waals surface area (Å²) in [4.78, 5) is 25.3. The Hall–Kier alpha value is -3.89. The molecule has 7 nitrogen and oxygen atoms in total. The Morgan fingerprint density at radius 1 is 0.875 bits per heavy atom. The molecule has 3 aliphatic rings. The number of carbonyl (C=O) groups excluding carboxylic acids is 1. The van der Waals surface area contributed by atoms with E-state index in [-0.39, 0.29) is 18.1 Å². The van der Waals surface area contributed by atoms with Gasteiger partial charge in [0.15, 0.2) is 0 Å². The van der Waals surface area contributed by atoms with Crippen LogP contribution in [-0.4, -0.2) is 57.4 Å². The Labute approximate surface area is 237 Å². The first-order chi connectivity index (χ1) is 19.7. The molecule has 6 rings (SSSR count). The van der Waals surface area contributed by atoms with Gasteiger partial charge in [-0.2, -0.15) is 5.26 Å². The summed E-state index contributed by atoms with van der Waals surface area (Å²) in [5, 5.41) is 8.96. The van der Waals surface area contributed by atoms with Crippen LogP contribution in [0.25, 0.3) is 0 Å². The summed E-state index contributed by atoms with van der Waals surface area (Å²) in [7, 11) is 0. The van der Waals surface area contributed by atoms with Crippen LogP contribution in [0.4, 0.5) is 4.79 Å². The Kier molecular flexibility index (Phi) is 7.97. The standard InChI is InChI=1S/C33H37N5O2/c34-21-25-11-14-30(15-12-25)40-32-16-13-26(22-35-32)23-36-19-17-29(18-20-36)38-31(27-7-3-1-4-8-27)24-37(33(38)39)28-9-5-2-6-10-28/h1,3-4,7-8,11-16,22,28-29,31H,2,5-6,9-10,17-20,23-24H2/t31-/m0/s1. The fraction of sp³-hybridized carbons (Fsp3) is 0.424. The summed E-state index contributed by atoms with van der Waals surface area (Å²) in [6, 6.07) is 24.8. The first-order valence-electron chi connectivity index (χ1n) is 14.7. The minimum Gasteiger partial charge on any atom is -0.439 e. The van der Waals surface area contributed by atoms with Crippen molar-refractivity contribution in [1.29, 1.82) is 5.26 Å². The maximum atomic E-state index is 13.9. The van der Waals surface area contributed by atoms with E-state index in [0.29, 0.717) is 23.2 Å². The molecule has 7 heteroatoms. The molecule has 0 radical (unpaired) electrons. The Morgan fingerprint density at radius 2 is 1.62 bits per heavy atom. The average Bonchev–Trinajstić information content (AvgIpc) is 3.36. The molecule has 40 heavy (non-hydrogen) atoms. The van der Waals surface area contributed by atoms with Crippen LogP contribution in [0.3, 0.4) is 0 Å². The zero-order valence-corrected chi connectivity index (χ0v) is 23.0. The zero-order valence-electron chi connectivity index (χ0n) is 23.0.